The SMILES string of the molecule is N#Cc1ccc(-c2csnc2C(=O)O)nc1. The van der Waals surface area contributed by atoms with E-state index in [0.717, 1.165) is 11.5 Å². The lowest BCUT2D eigenvalue weighted by molar-refractivity contribution is 0.0692. The van der Waals surface area contributed by atoms with E-state index in [2.05, 4.69) is 9.36 Å². The third-order valence-electron chi connectivity index (χ3n) is 1.94. The first-order valence-corrected chi connectivity index (χ1v) is 5.10. The summed E-state index contributed by atoms with van der Waals surface area (Å²) in [7, 11) is 0. The molecular formula is C10H5N3O2S. The fourth-order valence-electron chi connectivity index (χ4n) is 1.19. The van der Waals surface area contributed by atoms with Gasteiger partial charge in [0.25, 0.3) is 0 Å². The molecule has 1 N–H and O–H groups in total. The number of pyridine rings is 1. The molecule has 2 rings (SSSR count). The van der Waals surface area contributed by atoms with Crippen molar-refractivity contribution in [1.82, 2.24) is 9.36 Å². The average Bonchev–Trinajstić information content (AvgIpc) is 2.78. The number of aromatic carboxylic acids is 1. The van der Waals surface area contributed by atoms with Crippen LogP contribution in [0.15, 0.2) is 23.7 Å². The lowest BCUT2D eigenvalue weighted by Gasteiger charge is -1.97. The first kappa shape index (κ1) is 10.3. The van der Waals surface area contributed by atoms with E-state index in [9.17, 15) is 4.79 Å². The Bertz CT molecular complexity index is 568. The second-order valence-corrected chi connectivity index (χ2v) is 3.55. The van der Waals surface area contributed by atoms with Gasteiger partial charge in [-0.1, -0.05) is 0 Å². The van der Waals surface area contributed by atoms with Gasteiger partial charge in [0, 0.05) is 17.1 Å². The largest absolute Gasteiger partial charge is 0.476 e. The van der Waals surface area contributed by atoms with Gasteiger partial charge in [-0.3, -0.25) is 4.98 Å². The molecule has 0 aromatic carbocycles. The number of aromatic nitrogens is 2. The molecule has 0 aliphatic carbocycles. The molecule has 0 fully saturated rings. The molecule has 2 aromatic rings. The highest BCUT2D eigenvalue weighted by molar-refractivity contribution is 7.04. The Morgan fingerprint density at radius 2 is 2.31 bits per heavy atom. The van der Waals surface area contributed by atoms with Crippen LogP contribution in [0.5, 0.6) is 0 Å². The smallest absolute Gasteiger partial charge is 0.356 e. The first-order chi connectivity index (χ1) is 7.72. The van der Waals surface area contributed by atoms with Gasteiger partial charge in [-0.25, -0.2) is 4.79 Å². The third kappa shape index (κ3) is 1.76. The molecule has 5 nitrogen and oxygen atoms in total. The number of nitriles is 1. The van der Waals surface area contributed by atoms with Crippen LogP contribution in [0.2, 0.25) is 0 Å². The lowest BCUT2D eigenvalue weighted by atomic mass is 10.1. The summed E-state index contributed by atoms with van der Waals surface area (Å²) in [6, 6.07) is 5.14. The van der Waals surface area contributed by atoms with E-state index in [1.807, 2.05) is 6.07 Å². The van der Waals surface area contributed by atoms with Crippen molar-refractivity contribution in [2.75, 3.05) is 0 Å². The molecule has 16 heavy (non-hydrogen) atoms. The van der Waals surface area contributed by atoms with Gasteiger partial charge in [0.2, 0.25) is 0 Å². The zero-order chi connectivity index (χ0) is 11.5. The number of nitrogens with zero attached hydrogens (tertiary/aromatic N) is 3. The van der Waals surface area contributed by atoms with Crippen molar-refractivity contribution < 1.29 is 9.90 Å². The van der Waals surface area contributed by atoms with Gasteiger partial charge in [-0.05, 0) is 23.7 Å². The normalized spacial score (nSPS) is 9.69. The van der Waals surface area contributed by atoms with Gasteiger partial charge in [0.1, 0.15) is 6.07 Å². The van der Waals surface area contributed by atoms with Crippen molar-refractivity contribution in [3.8, 4) is 17.3 Å². The number of hydrogen-bond acceptors (Lipinski definition) is 5. The summed E-state index contributed by atoms with van der Waals surface area (Å²) in [5, 5.41) is 19.1. The Balaban J connectivity index is 2.47. The van der Waals surface area contributed by atoms with Gasteiger partial charge in [-0.2, -0.15) is 9.64 Å². The van der Waals surface area contributed by atoms with Crippen LogP contribution in [0.1, 0.15) is 16.1 Å². The van der Waals surface area contributed by atoms with Gasteiger partial charge in [0.05, 0.1) is 11.3 Å². The van der Waals surface area contributed by atoms with Crippen LogP contribution in [-0.2, 0) is 0 Å². The maximum Gasteiger partial charge on any atom is 0.356 e. The van der Waals surface area contributed by atoms with Gasteiger partial charge in [0.15, 0.2) is 5.69 Å². The molecule has 2 heterocycles. The van der Waals surface area contributed by atoms with Gasteiger partial charge < -0.3 is 5.11 Å². The van der Waals surface area contributed by atoms with Crippen LogP contribution < -0.4 is 0 Å². The molecule has 0 saturated heterocycles. The van der Waals surface area contributed by atoms with Crippen LogP contribution in [0, 0.1) is 11.3 Å². The summed E-state index contributed by atoms with van der Waals surface area (Å²) >= 11 is 1.06. The number of rotatable bonds is 2. The summed E-state index contributed by atoms with van der Waals surface area (Å²) in [6.45, 7) is 0. The molecule has 0 atom stereocenters. The quantitative estimate of drug-likeness (QED) is 0.851. The Morgan fingerprint density at radius 3 is 2.88 bits per heavy atom. The van der Waals surface area contributed by atoms with Crippen LogP contribution in [0.3, 0.4) is 0 Å². The minimum absolute atomic E-state index is 0.0118. The van der Waals surface area contributed by atoms with Crippen LogP contribution in [0.25, 0.3) is 11.3 Å². The number of carboxylic acid groups (broad SMARTS) is 1. The second-order valence-electron chi connectivity index (χ2n) is 2.93. The molecule has 0 radical (unpaired) electrons. The topological polar surface area (TPSA) is 86.9 Å². The van der Waals surface area contributed by atoms with E-state index in [-0.39, 0.29) is 5.69 Å². The van der Waals surface area contributed by atoms with Crippen LogP contribution in [-0.4, -0.2) is 20.4 Å². The van der Waals surface area contributed by atoms with Crippen LogP contribution in [0.4, 0.5) is 0 Å². The predicted octanol–water partition coefficient (Wildman–Crippen LogP) is 1.77. The fourth-order valence-corrected chi connectivity index (χ4v) is 1.86. The van der Waals surface area contributed by atoms with Crippen molar-refractivity contribution in [2.45, 2.75) is 0 Å². The summed E-state index contributed by atoms with van der Waals surface area (Å²) in [6.07, 6.45) is 1.40. The molecule has 2 aromatic heterocycles. The molecule has 0 bridgehead atoms. The number of hydrogen-bond donors (Lipinski definition) is 1. The standard InChI is InChI=1S/C10H5N3O2S/c11-3-6-1-2-8(12-4-6)7-5-16-13-9(7)10(14)15/h1-2,4-5H,(H,14,15). The molecule has 78 valence electrons. The molecule has 0 unspecified atom stereocenters. The molecule has 0 saturated carbocycles. The van der Waals surface area contributed by atoms with E-state index >= 15 is 0 Å². The van der Waals surface area contributed by atoms with Crippen LogP contribution >= 0.6 is 11.5 Å². The highest BCUT2D eigenvalue weighted by atomic mass is 32.1. The Kier molecular flexibility index (Phi) is 2.62. The highest BCUT2D eigenvalue weighted by Crippen LogP contribution is 2.23. The van der Waals surface area contributed by atoms with E-state index in [1.54, 1.807) is 17.5 Å². The summed E-state index contributed by atoms with van der Waals surface area (Å²) < 4.78 is 3.77. The molecule has 0 amide bonds. The highest BCUT2D eigenvalue weighted by Gasteiger charge is 2.15. The van der Waals surface area contributed by atoms with E-state index in [4.69, 9.17) is 10.4 Å². The number of carboxylic acids is 1. The molecule has 6 heteroatoms. The maximum atomic E-state index is 10.8. The second kappa shape index (κ2) is 4.08. The van der Waals surface area contributed by atoms with E-state index in [0.29, 0.717) is 16.8 Å². The van der Waals surface area contributed by atoms with E-state index < -0.39 is 5.97 Å². The summed E-state index contributed by atoms with van der Waals surface area (Å²) in [5.74, 6) is -1.08. The molecule has 0 aliphatic heterocycles. The van der Waals surface area contributed by atoms with Crippen molar-refractivity contribution in [3.05, 3.63) is 35.0 Å². The lowest BCUT2D eigenvalue weighted by Crippen LogP contribution is -1.99. The molecular weight excluding hydrogens is 226 g/mol. The minimum atomic E-state index is -1.08. The zero-order valence-corrected chi connectivity index (χ0v) is 8.73. The van der Waals surface area contributed by atoms with Crippen molar-refractivity contribution in [2.24, 2.45) is 0 Å². The third-order valence-corrected chi connectivity index (χ3v) is 2.57. The predicted molar refractivity (Wildman–Crippen MR) is 57.0 cm³/mol. The Hall–Kier alpha value is -2.26. The summed E-state index contributed by atoms with van der Waals surface area (Å²) in [4.78, 5) is 14.9. The molecule has 0 aliphatic rings. The minimum Gasteiger partial charge on any atom is -0.476 e. The monoisotopic (exact) mass is 231 g/mol. The number of carbonyl (C=O) groups is 1. The van der Waals surface area contributed by atoms with Crippen molar-refractivity contribution in [3.63, 3.8) is 0 Å². The maximum absolute atomic E-state index is 10.8. The first-order valence-electron chi connectivity index (χ1n) is 4.26. The van der Waals surface area contributed by atoms with Gasteiger partial charge >= 0.3 is 5.97 Å². The van der Waals surface area contributed by atoms with Gasteiger partial charge in [-0.15, -0.1) is 0 Å². The van der Waals surface area contributed by atoms with Crippen molar-refractivity contribution >= 4 is 17.5 Å². The average molecular weight is 231 g/mol. The summed E-state index contributed by atoms with van der Waals surface area (Å²) in [5.41, 5.74) is 1.40. The zero-order valence-electron chi connectivity index (χ0n) is 7.91. The van der Waals surface area contributed by atoms with E-state index in [1.165, 1.54) is 6.20 Å². The van der Waals surface area contributed by atoms with Crippen molar-refractivity contribution in [1.29, 1.82) is 5.26 Å². The Labute approximate surface area is 94.8 Å². The Morgan fingerprint density at radius 1 is 1.50 bits per heavy atom. The molecule has 0 spiro atoms. The fraction of sp³-hybridized carbons (Fsp3) is 0.